The van der Waals surface area contributed by atoms with E-state index in [1.54, 1.807) is 12.3 Å². The van der Waals surface area contributed by atoms with Crippen molar-refractivity contribution in [1.29, 1.82) is 0 Å². The third kappa shape index (κ3) is 4.24. The summed E-state index contributed by atoms with van der Waals surface area (Å²) in [5.74, 6) is 0.461. The molecule has 1 saturated carbocycles. The number of aryl methyl sites for hydroxylation is 2. The molecule has 2 aliphatic rings. The van der Waals surface area contributed by atoms with Crippen LogP contribution in [0.1, 0.15) is 60.6 Å². The summed E-state index contributed by atoms with van der Waals surface area (Å²) in [6.45, 7) is 4.58. The first-order valence-electron chi connectivity index (χ1n) is 12.3. The summed E-state index contributed by atoms with van der Waals surface area (Å²) in [4.78, 5) is 4.32. The summed E-state index contributed by atoms with van der Waals surface area (Å²) in [5, 5.41) is 23.1. The third-order valence-electron chi connectivity index (χ3n) is 8.33. The Labute approximate surface area is 210 Å². The lowest BCUT2D eigenvalue weighted by Crippen LogP contribution is -2.56. The molecule has 1 fully saturated rings. The third-order valence-corrected chi connectivity index (χ3v) is 8.55. The van der Waals surface area contributed by atoms with Crippen molar-refractivity contribution < 1.29 is 19.3 Å². The van der Waals surface area contributed by atoms with E-state index >= 15 is 0 Å². The van der Waals surface area contributed by atoms with E-state index in [1.165, 1.54) is 23.3 Å². The van der Waals surface area contributed by atoms with Crippen molar-refractivity contribution in [2.45, 2.75) is 69.7 Å². The average Bonchev–Trinajstić information content (AvgIpc) is 2.83. The maximum absolute atomic E-state index is 14.1. The molecular formula is C29H31ClFNO3. The summed E-state index contributed by atoms with van der Waals surface area (Å²) >= 11 is 6.08. The number of nitrogens with zero attached hydrogens (tertiary/aromatic N) is 1. The Morgan fingerprint density at radius 3 is 2.74 bits per heavy atom. The topological polar surface area (TPSA) is 62.6 Å². The van der Waals surface area contributed by atoms with Gasteiger partial charge in [0, 0.05) is 27.9 Å². The van der Waals surface area contributed by atoms with Crippen LogP contribution >= 0.6 is 11.6 Å². The fourth-order valence-electron chi connectivity index (χ4n) is 6.35. The molecule has 0 aliphatic heterocycles. The van der Waals surface area contributed by atoms with Crippen LogP contribution in [0.2, 0.25) is 5.02 Å². The van der Waals surface area contributed by atoms with Gasteiger partial charge in [0.05, 0.1) is 6.10 Å². The summed E-state index contributed by atoms with van der Waals surface area (Å²) < 4.78 is 20.2. The van der Waals surface area contributed by atoms with Crippen molar-refractivity contribution in [3.63, 3.8) is 0 Å². The summed E-state index contributed by atoms with van der Waals surface area (Å²) in [6.07, 6.45) is 4.09. The SMILES string of the molecule is CCC12CC(O)C(O)(c3cc(F)cc(Cl)c3)CC1CCc1cc(OCc3cccnc3C)ccc12. The Morgan fingerprint density at radius 1 is 1.17 bits per heavy atom. The number of aliphatic hydroxyl groups is 2. The van der Waals surface area contributed by atoms with Crippen LogP contribution in [0.15, 0.2) is 54.7 Å². The van der Waals surface area contributed by atoms with E-state index in [0.717, 1.165) is 36.3 Å². The minimum atomic E-state index is -1.53. The highest BCUT2D eigenvalue weighted by molar-refractivity contribution is 6.30. The molecule has 6 heteroatoms. The largest absolute Gasteiger partial charge is 0.489 e. The Bertz CT molecular complexity index is 1230. The Kier molecular flexibility index (Phi) is 6.37. The van der Waals surface area contributed by atoms with E-state index in [0.29, 0.717) is 25.0 Å². The monoisotopic (exact) mass is 495 g/mol. The number of aromatic nitrogens is 1. The molecule has 184 valence electrons. The lowest BCUT2D eigenvalue weighted by atomic mass is 9.52. The molecule has 0 spiro atoms. The molecule has 2 N–H and O–H groups in total. The second kappa shape index (κ2) is 9.20. The van der Waals surface area contributed by atoms with Crippen molar-refractivity contribution in [1.82, 2.24) is 4.98 Å². The van der Waals surface area contributed by atoms with Crippen LogP contribution in [-0.4, -0.2) is 21.3 Å². The van der Waals surface area contributed by atoms with E-state index in [4.69, 9.17) is 16.3 Å². The fraction of sp³-hybridized carbons (Fsp3) is 0.414. The first kappa shape index (κ1) is 24.2. The summed E-state index contributed by atoms with van der Waals surface area (Å²) in [5.41, 5.74) is 3.03. The number of rotatable bonds is 5. The molecule has 0 saturated heterocycles. The number of aliphatic hydroxyl groups excluding tert-OH is 1. The zero-order valence-electron chi connectivity index (χ0n) is 20.1. The molecule has 2 aliphatic carbocycles. The molecule has 2 aromatic carbocycles. The molecule has 4 unspecified atom stereocenters. The van der Waals surface area contributed by atoms with Gasteiger partial charge in [0.25, 0.3) is 0 Å². The van der Waals surface area contributed by atoms with E-state index in [1.807, 2.05) is 25.1 Å². The van der Waals surface area contributed by atoms with Crippen LogP contribution in [0, 0.1) is 18.7 Å². The molecule has 0 bridgehead atoms. The summed E-state index contributed by atoms with van der Waals surface area (Å²) in [6, 6.07) is 14.3. The van der Waals surface area contributed by atoms with Gasteiger partial charge in [0.1, 0.15) is 23.8 Å². The quantitative estimate of drug-likeness (QED) is 0.454. The normalized spacial score (nSPS) is 27.7. The van der Waals surface area contributed by atoms with Gasteiger partial charge in [0.2, 0.25) is 0 Å². The predicted molar refractivity (Wildman–Crippen MR) is 134 cm³/mol. The molecule has 35 heavy (non-hydrogen) atoms. The molecule has 0 radical (unpaired) electrons. The molecule has 5 rings (SSSR count). The van der Waals surface area contributed by atoms with Gasteiger partial charge in [-0.3, -0.25) is 4.98 Å². The lowest BCUT2D eigenvalue weighted by Gasteiger charge is -2.55. The van der Waals surface area contributed by atoms with Crippen LogP contribution in [-0.2, 0) is 24.0 Å². The molecule has 3 aromatic rings. The smallest absolute Gasteiger partial charge is 0.125 e. The van der Waals surface area contributed by atoms with Gasteiger partial charge in [-0.15, -0.1) is 0 Å². The van der Waals surface area contributed by atoms with Gasteiger partial charge in [-0.25, -0.2) is 4.39 Å². The highest BCUT2D eigenvalue weighted by Gasteiger charge is 2.55. The zero-order chi connectivity index (χ0) is 24.8. The number of hydrogen-bond donors (Lipinski definition) is 2. The van der Waals surface area contributed by atoms with Gasteiger partial charge >= 0.3 is 0 Å². The number of halogens is 2. The van der Waals surface area contributed by atoms with Crippen molar-refractivity contribution >= 4 is 11.6 Å². The zero-order valence-corrected chi connectivity index (χ0v) is 20.9. The highest BCUT2D eigenvalue weighted by atomic mass is 35.5. The molecular weight excluding hydrogens is 465 g/mol. The maximum atomic E-state index is 14.1. The minimum absolute atomic E-state index is 0.153. The lowest BCUT2D eigenvalue weighted by molar-refractivity contribution is -0.146. The standard InChI is InChI=1S/C29H31ClFNO3/c1-3-28-16-27(33)29(34,22-12-23(30)14-24(31)13-22)15-21(28)7-6-19-11-25(8-9-26(19)28)35-17-20-5-4-10-32-18(20)2/h4-5,8-14,21,27,33-34H,3,6-7,15-17H2,1-2H3. The first-order valence-corrected chi connectivity index (χ1v) is 12.7. The van der Waals surface area contributed by atoms with Gasteiger partial charge in [0.15, 0.2) is 0 Å². The minimum Gasteiger partial charge on any atom is -0.489 e. The number of benzene rings is 2. The van der Waals surface area contributed by atoms with Crippen molar-refractivity contribution in [3.05, 3.63) is 93.5 Å². The molecule has 4 nitrogen and oxygen atoms in total. The number of hydrogen-bond acceptors (Lipinski definition) is 4. The van der Waals surface area contributed by atoms with Crippen LogP contribution in [0.3, 0.4) is 0 Å². The van der Waals surface area contributed by atoms with Gasteiger partial charge in [-0.2, -0.15) is 0 Å². The van der Waals surface area contributed by atoms with E-state index in [9.17, 15) is 14.6 Å². The van der Waals surface area contributed by atoms with E-state index in [-0.39, 0.29) is 16.4 Å². The highest BCUT2D eigenvalue weighted by Crippen LogP contribution is 2.57. The maximum Gasteiger partial charge on any atom is 0.125 e. The predicted octanol–water partition coefficient (Wildman–Crippen LogP) is 6.01. The van der Waals surface area contributed by atoms with Crippen LogP contribution in [0.4, 0.5) is 4.39 Å². The molecule has 0 amide bonds. The number of ether oxygens (including phenoxy) is 1. The number of fused-ring (bicyclic) bond motifs is 3. The van der Waals surface area contributed by atoms with Crippen LogP contribution in [0.5, 0.6) is 5.75 Å². The summed E-state index contributed by atoms with van der Waals surface area (Å²) in [7, 11) is 0. The van der Waals surface area contributed by atoms with Crippen molar-refractivity contribution in [2.75, 3.05) is 0 Å². The van der Waals surface area contributed by atoms with Crippen LogP contribution < -0.4 is 4.74 Å². The molecule has 1 heterocycles. The second-order valence-electron chi connectivity index (χ2n) is 10.1. The van der Waals surface area contributed by atoms with Crippen molar-refractivity contribution in [2.24, 2.45) is 5.92 Å². The Hall–Kier alpha value is -2.47. The van der Waals surface area contributed by atoms with Crippen LogP contribution in [0.25, 0.3) is 0 Å². The molecule has 1 aromatic heterocycles. The van der Waals surface area contributed by atoms with Crippen molar-refractivity contribution in [3.8, 4) is 5.75 Å². The van der Waals surface area contributed by atoms with Gasteiger partial charge in [-0.05, 0) is 98.0 Å². The average molecular weight is 496 g/mol. The van der Waals surface area contributed by atoms with E-state index < -0.39 is 17.5 Å². The second-order valence-corrected chi connectivity index (χ2v) is 10.5. The molecule has 4 atom stereocenters. The Morgan fingerprint density at radius 2 is 2.00 bits per heavy atom. The van der Waals surface area contributed by atoms with E-state index in [2.05, 4.69) is 24.0 Å². The Balaban J connectivity index is 1.43. The van der Waals surface area contributed by atoms with Gasteiger partial charge in [-0.1, -0.05) is 30.7 Å². The fourth-order valence-corrected chi connectivity index (χ4v) is 6.57. The van der Waals surface area contributed by atoms with Gasteiger partial charge < -0.3 is 14.9 Å². The first-order chi connectivity index (χ1) is 16.7. The number of pyridine rings is 1.